The lowest BCUT2D eigenvalue weighted by Gasteiger charge is -2.50. The van der Waals surface area contributed by atoms with Crippen molar-refractivity contribution in [2.45, 2.75) is 24.2 Å². The Kier molecular flexibility index (Phi) is 8.33. The summed E-state index contributed by atoms with van der Waals surface area (Å²) >= 11 is 6.36. The van der Waals surface area contributed by atoms with Gasteiger partial charge in [0, 0.05) is 37.2 Å². The number of phenols is 1. The number of phenolic OH excluding ortho intramolecular Hbond substituents is 1. The first-order valence-corrected chi connectivity index (χ1v) is 17.9. The van der Waals surface area contributed by atoms with E-state index in [2.05, 4.69) is 0 Å². The number of rotatable bonds is 7. The summed E-state index contributed by atoms with van der Waals surface area (Å²) in [5.41, 5.74) is -1.53. The third-order valence-electron chi connectivity index (χ3n) is 11.5. The van der Waals surface area contributed by atoms with Gasteiger partial charge in [0.05, 0.1) is 44.4 Å². The molecule has 55 heavy (non-hydrogen) atoms. The molecule has 0 radical (unpaired) electrons. The number of imide groups is 2. The van der Waals surface area contributed by atoms with Gasteiger partial charge in [-0.15, -0.1) is 0 Å². The highest BCUT2D eigenvalue weighted by molar-refractivity contribution is 6.32. The maximum atomic E-state index is 15.3. The fourth-order valence-electron chi connectivity index (χ4n) is 9.53. The van der Waals surface area contributed by atoms with Crippen molar-refractivity contribution < 1.29 is 34.1 Å². The van der Waals surface area contributed by atoms with Gasteiger partial charge in [0.2, 0.25) is 23.6 Å². The fraction of sp³-hybridized carbons (Fsp3) is 0.250. The van der Waals surface area contributed by atoms with Crippen molar-refractivity contribution in [3.05, 3.63) is 139 Å². The van der Waals surface area contributed by atoms with Crippen LogP contribution >= 0.6 is 11.6 Å². The molecule has 2 aliphatic carbocycles. The summed E-state index contributed by atoms with van der Waals surface area (Å²) in [4.78, 5) is 85.0. The minimum absolute atomic E-state index is 0.0223. The molecule has 2 heterocycles. The summed E-state index contributed by atoms with van der Waals surface area (Å²) in [6.45, 7) is 0. The Morgan fingerprint density at radius 1 is 0.782 bits per heavy atom. The van der Waals surface area contributed by atoms with Crippen LogP contribution in [0.15, 0.2) is 103 Å². The highest BCUT2D eigenvalue weighted by atomic mass is 35.5. The maximum Gasteiger partial charge on any atom is 0.301 e. The van der Waals surface area contributed by atoms with Gasteiger partial charge in [-0.1, -0.05) is 71.8 Å². The minimum Gasteiger partial charge on any atom is -0.508 e. The number of allylic oxidation sites excluding steroid dienone is 2. The molecule has 15 heteroatoms. The third-order valence-corrected chi connectivity index (χ3v) is 11.8. The number of carbonyl (C=O) groups is 4. The second kappa shape index (κ2) is 12.9. The second-order valence-corrected chi connectivity index (χ2v) is 14.9. The van der Waals surface area contributed by atoms with Gasteiger partial charge >= 0.3 is 11.4 Å². The third kappa shape index (κ3) is 5.15. The molecule has 4 aliphatic rings. The van der Waals surface area contributed by atoms with Crippen LogP contribution in [0.3, 0.4) is 0 Å². The summed E-state index contributed by atoms with van der Waals surface area (Å²) in [5, 5.41) is 35.5. The summed E-state index contributed by atoms with van der Waals surface area (Å²) < 4.78 is 0. The molecular formula is C40H32ClN5O9. The van der Waals surface area contributed by atoms with E-state index in [-0.39, 0.29) is 35.7 Å². The number of aromatic hydroxyl groups is 1. The molecule has 4 aromatic carbocycles. The van der Waals surface area contributed by atoms with Crippen LogP contribution in [0.4, 0.5) is 28.4 Å². The smallest absolute Gasteiger partial charge is 0.301 e. The number of nitro benzene ring substituents is 2. The molecule has 278 valence electrons. The van der Waals surface area contributed by atoms with Crippen molar-refractivity contribution >= 4 is 63.7 Å². The monoisotopic (exact) mass is 761 g/mol. The number of anilines is 3. The number of fused-ring (bicyclic) bond motifs is 4. The Morgan fingerprint density at radius 2 is 1.45 bits per heavy atom. The molecule has 2 aliphatic heterocycles. The molecule has 0 bridgehead atoms. The van der Waals surface area contributed by atoms with Crippen LogP contribution < -0.4 is 14.7 Å². The second-order valence-electron chi connectivity index (χ2n) is 14.4. The van der Waals surface area contributed by atoms with Gasteiger partial charge in [-0.3, -0.25) is 39.4 Å². The average Bonchev–Trinajstić information content (AvgIpc) is 3.55. The number of nitro groups is 2. The minimum atomic E-state index is -1.56. The van der Waals surface area contributed by atoms with E-state index >= 15 is 4.79 Å². The molecule has 1 N–H and O–H groups in total. The Morgan fingerprint density at radius 3 is 2.07 bits per heavy atom. The molecule has 8 rings (SSSR count). The van der Waals surface area contributed by atoms with Crippen LogP contribution in [0.1, 0.15) is 29.9 Å². The molecular weight excluding hydrogens is 730 g/mol. The largest absolute Gasteiger partial charge is 0.508 e. The average molecular weight is 762 g/mol. The number of hydrogen-bond acceptors (Lipinski definition) is 10. The van der Waals surface area contributed by atoms with Crippen LogP contribution in [0.2, 0.25) is 5.02 Å². The summed E-state index contributed by atoms with van der Waals surface area (Å²) in [6, 6.07) is 23.7. The maximum absolute atomic E-state index is 15.3. The van der Waals surface area contributed by atoms with Gasteiger partial charge < -0.3 is 10.0 Å². The van der Waals surface area contributed by atoms with E-state index < -0.39 is 79.9 Å². The van der Waals surface area contributed by atoms with E-state index in [1.165, 1.54) is 37.2 Å². The summed E-state index contributed by atoms with van der Waals surface area (Å²) in [7, 11) is 2.82. The van der Waals surface area contributed by atoms with Gasteiger partial charge in [0.1, 0.15) is 5.75 Å². The lowest BCUT2D eigenvalue weighted by Crippen LogP contribution is -2.53. The predicted molar refractivity (Wildman–Crippen MR) is 201 cm³/mol. The van der Waals surface area contributed by atoms with Crippen molar-refractivity contribution in [3.63, 3.8) is 0 Å². The highest BCUT2D eigenvalue weighted by Gasteiger charge is 2.70. The molecule has 14 nitrogen and oxygen atoms in total. The lowest BCUT2D eigenvalue weighted by atomic mass is 9.49. The topological polar surface area (TPSA) is 185 Å². The van der Waals surface area contributed by atoms with Crippen LogP contribution in [-0.2, 0) is 24.6 Å². The lowest BCUT2D eigenvalue weighted by molar-refractivity contribution is -0.392. The highest BCUT2D eigenvalue weighted by Crippen LogP contribution is 2.64. The SMILES string of the molecule is CN(C)c1c([N+](=O)[O-])cc(N2C(=O)[C@H]3[C@H](CC=C4[C@H]3C[C@H]3C(=O)N(c5cccc(Cl)c5)C(=O)[C@@]3(c3ccccc3)[C@H]4c3cccc(O)c3)C2=O)cc1[N+](=O)[O-]. The standard InChI is InChI=1S/C40H32ClN5O9/c1-42(2)35-31(45(52)53)18-25(19-32(35)46(54)55)43-36(48)28-15-14-27-29(33(28)38(43)50)20-30-37(49)44(24-12-7-11-23(41)17-24)39(51)40(30,22-9-4-3-5-10-22)34(27)21-8-6-13-26(47)16-21/h3-14,16-19,28-30,33-34,47H,15,20H2,1-2H3/t28-,29+,30-,33-,34-,40+/m0/s1. The summed E-state index contributed by atoms with van der Waals surface area (Å²) in [5.74, 6) is -7.31. The van der Waals surface area contributed by atoms with Gasteiger partial charge in [-0.2, -0.15) is 0 Å². The van der Waals surface area contributed by atoms with E-state index in [1.807, 2.05) is 6.08 Å². The molecule has 1 saturated carbocycles. The van der Waals surface area contributed by atoms with Gasteiger partial charge in [-0.05, 0) is 60.2 Å². The number of amides is 4. The quantitative estimate of drug-likeness (QED) is 0.0971. The van der Waals surface area contributed by atoms with Crippen molar-refractivity contribution in [3.8, 4) is 5.75 Å². The van der Waals surface area contributed by atoms with Crippen LogP contribution in [0, 0.1) is 43.9 Å². The number of carbonyl (C=O) groups excluding carboxylic acids is 4. The van der Waals surface area contributed by atoms with Crippen molar-refractivity contribution in [1.29, 1.82) is 0 Å². The van der Waals surface area contributed by atoms with E-state index in [4.69, 9.17) is 11.6 Å². The first-order valence-electron chi connectivity index (χ1n) is 17.5. The molecule has 4 aromatic rings. The number of benzene rings is 4. The normalized spacial score (nSPS) is 25.7. The summed E-state index contributed by atoms with van der Waals surface area (Å²) in [6.07, 6.45) is 1.85. The molecule has 0 spiro atoms. The molecule has 2 saturated heterocycles. The Balaban J connectivity index is 1.32. The first kappa shape index (κ1) is 35.6. The Labute approximate surface area is 318 Å². The first-order chi connectivity index (χ1) is 26.3. The number of halogens is 1. The van der Waals surface area contributed by atoms with E-state index in [0.29, 0.717) is 21.7 Å². The predicted octanol–water partition coefficient (Wildman–Crippen LogP) is 6.30. The van der Waals surface area contributed by atoms with Gasteiger partial charge in [-0.25, -0.2) is 9.80 Å². The molecule has 6 atom stereocenters. The zero-order valence-corrected chi connectivity index (χ0v) is 30.1. The fourth-order valence-corrected chi connectivity index (χ4v) is 9.72. The Hall–Kier alpha value is -6.41. The zero-order chi connectivity index (χ0) is 39.1. The zero-order valence-electron chi connectivity index (χ0n) is 29.4. The molecule has 0 unspecified atom stereocenters. The molecule has 3 fully saturated rings. The molecule has 0 aromatic heterocycles. The van der Waals surface area contributed by atoms with Gasteiger partial charge in [0.25, 0.3) is 0 Å². The van der Waals surface area contributed by atoms with Crippen LogP contribution in [-0.4, -0.2) is 52.7 Å². The van der Waals surface area contributed by atoms with Crippen molar-refractivity contribution in [2.75, 3.05) is 28.8 Å². The van der Waals surface area contributed by atoms with Crippen molar-refractivity contribution in [1.82, 2.24) is 0 Å². The van der Waals surface area contributed by atoms with E-state index in [0.717, 1.165) is 21.9 Å². The van der Waals surface area contributed by atoms with Crippen molar-refractivity contribution in [2.24, 2.45) is 23.7 Å². The van der Waals surface area contributed by atoms with Gasteiger partial charge in [0.15, 0.2) is 5.69 Å². The van der Waals surface area contributed by atoms with Crippen LogP contribution in [0.5, 0.6) is 5.75 Å². The number of hydrogen-bond donors (Lipinski definition) is 1. The van der Waals surface area contributed by atoms with Crippen LogP contribution in [0.25, 0.3) is 0 Å². The number of nitrogens with zero attached hydrogens (tertiary/aromatic N) is 5. The van der Waals surface area contributed by atoms with E-state index in [1.54, 1.807) is 60.7 Å². The molecule has 4 amide bonds. The Bertz CT molecular complexity index is 2370. The van der Waals surface area contributed by atoms with E-state index in [9.17, 15) is 39.7 Å².